The molecule has 1 aliphatic heterocycles. The largest absolute Gasteiger partial charge is 0.467 e. The number of aromatic nitrogens is 2. The Balaban J connectivity index is 1.40. The van der Waals surface area contributed by atoms with Crippen LogP contribution in [-0.4, -0.2) is 69.4 Å². The number of nitrogens with two attached hydrogens (primary N) is 1. The maximum atomic E-state index is 14.0. The molecule has 0 radical (unpaired) electrons. The predicted octanol–water partition coefficient (Wildman–Crippen LogP) is 3.19. The molecule has 2 unspecified atom stereocenters. The number of anilines is 1. The number of esters is 1. The van der Waals surface area contributed by atoms with Crippen molar-refractivity contribution >= 4 is 40.3 Å². The van der Waals surface area contributed by atoms with Gasteiger partial charge in [0.2, 0.25) is 11.8 Å². The van der Waals surface area contributed by atoms with Gasteiger partial charge in [-0.3, -0.25) is 14.4 Å². The van der Waals surface area contributed by atoms with Gasteiger partial charge < -0.3 is 30.6 Å². The molecule has 2 heterocycles. The van der Waals surface area contributed by atoms with Gasteiger partial charge in [0.15, 0.2) is 5.82 Å². The molecule has 1 fully saturated rings. The number of hydrogen-bond donors (Lipinski definition) is 3. The van der Waals surface area contributed by atoms with Crippen LogP contribution >= 0.6 is 0 Å². The van der Waals surface area contributed by atoms with Gasteiger partial charge in [0.25, 0.3) is 5.91 Å². The molecule has 45 heavy (non-hydrogen) atoms. The van der Waals surface area contributed by atoms with Gasteiger partial charge in [-0.2, -0.15) is 0 Å². The molecule has 1 aliphatic rings. The van der Waals surface area contributed by atoms with Crippen molar-refractivity contribution in [2.24, 2.45) is 5.73 Å². The summed E-state index contributed by atoms with van der Waals surface area (Å²) in [6.07, 6.45) is 4.46. The van der Waals surface area contributed by atoms with Crippen molar-refractivity contribution in [3.63, 3.8) is 0 Å². The molecule has 0 spiro atoms. The van der Waals surface area contributed by atoms with Gasteiger partial charge in [0.1, 0.15) is 18.1 Å². The molecule has 234 valence electrons. The molecule has 1 saturated heterocycles. The van der Waals surface area contributed by atoms with E-state index in [9.17, 15) is 19.2 Å². The van der Waals surface area contributed by atoms with Crippen molar-refractivity contribution in [2.45, 2.75) is 56.8 Å². The number of likely N-dealkylation sites (tertiary alicyclic amines) is 1. The molecule has 11 heteroatoms. The molecule has 3 aromatic carbocycles. The molecule has 4 aromatic rings. The van der Waals surface area contributed by atoms with E-state index in [1.807, 2.05) is 72.8 Å². The lowest BCUT2D eigenvalue weighted by Crippen LogP contribution is -2.55. The van der Waals surface area contributed by atoms with Crippen molar-refractivity contribution in [3.05, 3.63) is 96.4 Å². The molecule has 4 N–H and O–H groups in total. The lowest BCUT2D eigenvalue weighted by atomic mass is 9.99. The maximum absolute atomic E-state index is 14.0. The van der Waals surface area contributed by atoms with Crippen molar-refractivity contribution in [3.8, 4) is 0 Å². The zero-order chi connectivity index (χ0) is 32.1. The highest BCUT2D eigenvalue weighted by molar-refractivity contribution is 5.98. The van der Waals surface area contributed by atoms with Gasteiger partial charge >= 0.3 is 5.97 Å². The topological polar surface area (TPSA) is 149 Å². The van der Waals surface area contributed by atoms with Gasteiger partial charge in [-0.05, 0) is 48.6 Å². The van der Waals surface area contributed by atoms with Crippen LogP contribution in [0.4, 0.5) is 5.82 Å². The first kappa shape index (κ1) is 31.4. The number of hydrogen-bond acceptors (Lipinski definition) is 7. The van der Waals surface area contributed by atoms with Gasteiger partial charge in [0, 0.05) is 19.2 Å². The number of fused-ring (bicyclic) bond motifs is 1. The second-order valence-corrected chi connectivity index (χ2v) is 11.9. The smallest absolute Gasteiger partial charge is 0.328 e. The van der Waals surface area contributed by atoms with E-state index in [4.69, 9.17) is 10.5 Å². The van der Waals surface area contributed by atoms with E-state index < -0.39 is 41.4 Å². The summed E-state index contributed by atoms with van der Waals surface area (Å²) < 4.78 is 6.56. The fourth-order valence-corrected chi connectivity index (χ4v) is 5.56. The summed E-state index contributed by atoms with van der Waals surface area (Å²) in [5.74, 6) is -1.50. The van der Waals surface area contributed by atoms with Crippen LogP contribution in [0, 0.1) is 0 Å². The van der Waals surface area contributed by atoms with Gasteiger partial charge in [-0.1, -0.05) is 72.8 Å². The van der Waals surface area contributed by atoms with Crippen molar-refractivity contribution in [2.75, 3.05) is 19.0 Å². The average Bonchev–Trinajstić information content (AvgIpc) is 3.71. The van der Waals surface area contributed by atoms with E-state index in [0.29, 0.717) is 24.9 Å². The molecule has 0 saturated carbocycles. The maximum Gasteiger partial charge on any atom is 0.328 e. The van der Waals surface area contributed by atoms with Gasteiger partial charge in [-0.25, -0.2) is 9.78 Å². The number of imidazole rings is 1. The lowest BCUT2D eigenvalue weighted by Gasteiger charge is -2.28. The zero-order valence-corrected chi connectivity index (χ0v) is 25.6. The molecule has 11 nitrogen and oxygen atoms in total. The molecular weight excluding hydrogens is 572 g/mol. The summed E-state index contributed by atoms with van der Waals surface area (Å²) in [6, 6.07) is 20.5. The minimum atomic E-state index is -1.20. The Morgan fingerprint density at radius 1 is 1.02 bits per heavy atom. The van der Waals surface area contributed by atoms with Crippen molar-refractivity contribution in [1.29, 1.82) is 0 Å². The van der Waals surface area contributed by atoms with Crippen LogP contribution in [-0.2, 0) is 30.3 Å². The second-order valence-electron chi connectivity index (χ2n) is 11.9. The molecule has 3 atom stereocenters. The number of carbonyl (C=O) groups excluding carboxylic acids is 4. The number of rotatable bonds is 10. The first-order valence-corrected chi connectivity index (χ1v) is 14.9. The average molecular weight is 611 g/mol. The summed E-state index contributed by atoms with van der Waals surface area (Å²) in [7, 11) is 1.31. The third kappa shape index (κ3) is 7.21. The number of carbonyl (C=O) groups is 4. The minimum absolute atomic E-state index is 0.199. The Morgan fingerprint density at radius 2 is 1.73 bits per heavy atom. The Bertz CT molecular complexity index is 1700. The highest BCUT2D eigenvalue weighted by atomic mass is 16.5. The number of nitrogens with zero attached hydrogens (tertiary/aromatic N) is 3. The normalized spacial score (nSPS) is 16.2. The van der Waals surface area contributed by atoms with Crippen LogP contribution in [0.15, 0.2) is 85.3 Å². The zero-order valence-electron chi connectivity index (χ0n) is 25.6. The van der Waals surface area contributed by atoms with Crippen molar-refractivity contribution in [1.82, 2.24) is 19.8 Å². The fourth-order valence-electron chi connectivity index (χ4n) is 5.56. The molecule has 0 bridgehead atoms. The number of ether oxygens (including phenoxy) is 1. The lowest BCUT2D eigenvalue weighted by molar-refractivity contribution is -0.151. The summed E-state index contributed by atoms with van der Waals surface area (Å²) in [5, 5.41) is 7.67. The van der Waals surface area contributed by atoms with Crippen LogP contribution < -0.4 is 16.4 Å². The Kier molecular flexibility index (Phi) is 9.29. The van der Waals surface area contributed by atoms with E-state index in [2.05, 4.69) is 15.6 Å². The predicted molar refractivity (Wildman–Crippen MR) is 170 cm³/mol. The third-order valence-corrected chi connectivity index (χ3v) is 7.97. The van der Waals surface area contributed by atoms with E-state index in [1.54, 1.807) is 29.5 Å². The Morgan fingerprint density at radius 3 is 2.44 bits per heavy atom. The van der Waals surface area contributed by atoms with Crippen LogP contribution in [0.5, 0.6) is 0 Å². The fraction of sp³-hybridized carbons (Fsp3) is 0.324. The number of amides is 3. The van der Waals surface area contributed by atoms with E-state index in [0.717, 1.165) is 16.3 Å². The molecule has 3 amide bonds. The number of methoxy groups -OCH3 is 1. The Hall–Kier alpha value is -5.03. The summed E-state index contributed by atoms with van der Waals surface area (Å²) in [5.41, 5.74) is 6.38. The third-order valence-electron chi connectivity index (χ3n) is 7.97. The molecule has 0 aliphatic carbocycles. The molecule has 1 aromatic heterocycles. The molecule has 5 rings (SSSR count). The standard InChI is InChI=1S/C34H38N6O5/c1-34(2,35)33(44)37-26(19-22-15-16-23-10-7-8-13-25(23)18-22)30(41)38-28-20-39(21-36-28)29(24-11-5-4-6-12-24)31(42)40-17-9-14-27(40)32(43)45-3/h4-8,10-13,15-16,18,20-21,26-27,29H,9,14,17,19,35H2,1-3H3,(H,37,44)(H,38,41)/t26?,27-,29?/m1/s1. The SMILES string of the molecule is COC(=O)[C@H]1CCCN1C(=O)C(c1ccccc1)n1cnc(NC(=O)C(Cc2ccc3ccccc3c2)NC(=O)C(C)(C)N)c1. The van der Waals surface area contributed by atoms with Gasteiger partial charge in [-0.15, -0.1) is 0 Å². The van der Waals surface area contributed by atoms with Crippen LogP contribution in [0.1, 0.15) is 43.9 Å². The van der Waals surface area contributed by atoms with E-state index >= 15 is 0 Å². The first-order valence-electron chi connectivity index (χ1n) is 14.9. The van der Waals surface area contributed by atoms with Crippen molar-refractivity contribution < 1.29 is 23.9 Å². The van der Waals surface area contributed by atoms with E-state index in [-0.39, 0.29) is 18.1 Å². The highest BCUT2D eigenvalue weighted by Gasteiger charge is 2.39. The van der Waals surface area contributed by atoms with E-state index in [1.165, 1.54) is 13.4 Å². The summed E-state index contributed by atoms with van der Waals surface area (Å²) >= 11 is 0. The first-order chi connectivity index (χ1) is 21.5. The number of nitrogens with one attached hydrogen (secondary N) is 2. The highest BCUT2D eigenvalue weighted by Crippen LogP contribution is 2.28. The Labute approximate surface area is 261 Å². The summed E-state index contributed by atoms with van der Waals surface area (Å²) in [6.45, 7) is 3.57. The minimum Gasteiger partial charge on any atom is -0.467 e. The van der Waals surface area contributed by atoms with Crippen LogP contribution in [0.2, 0.25) is 0 Å². The van der Waals surface area contributed by atoms with Gasteiger partial charge in [0.05, 0.1) is 19.0 Å². The number of benzene rings is 3. The van der Waals surface area contributed by atoms with Crippen LogP contribution in [0.25, 0.3) is 10.8 Å². The second kappa shape index (κ2) is 13.3. The quantitative estimate of drug-likeness (QED) is 0.234. The summed E-state index contributed by atoms with van der Waals surface area (Å²) in [4.78, 5) is 58.8. The molecular formula is C34H38N6O5. The van der Waals surface area contributed by atoms with Crippen LogP contribution in [0.3, 0.4) is 0 Å². The monoisotopic (exact) mass is 610 g/mol.